The zero-order chi connectivity index (χ0) is 24.5. The zero-order valence-electron chi connectivity index (χ0n) is 18.7. The Hall–Kier alpha value is -4.16. The molecule has 0 bridgehead atoms. The summed E-state index contributed by atoms with van der Waals surface area (Å²) in [6.45, 7) is 0. The fourth-order valence-corrected chi connectivity index (χ4v) is 3.62. The molecule has 4 aromatic rings. The number of amides is 1. The summed E-state index contributed by atoms with van der Waals surface area (Å²) in [4.78, 5) is 24.0. The van der Waals surface area contributed by atoms with Gasteiger partial charge in [0.05, 0.1) is 16.6 Å². The average molecular weight is 528 g/mol. The number of para-hydroxylation sites is 2. The minimum Gasteiger partial charge on any atom is -0.457 e. The van der Waals surface area contributed by atoms with Crippen LogP contribution in [0.5, 0.6) is 23.0 Å². The molecule has 0 aromatic heterocycles. The predicted octanol–water partition coefficient (Wildman–Crippen LogP) is 6.93. The lowest BCUT2D eigenvalue weighted by atomic mass is 10.1. The van der Waals surface area contributed by atoms with E-state index in [1.165, 1.54) is 0 Å². The van der Waals surface area contributed by atoms with Crippen LogP contribution < -0.4 is 14.8 Å². The Labute approximate surface area is 212 Å². The smallest absolute Gasteiger partial charge is 0.228 e. The molecule has 35 heavy (non-hydrogen) atoms. The maximum atomic E-state index is 12.5. The lowest BCUT2D eigenvalue weighted by Crippen LogP contribution is -2.25. The maximum absolute atomic E-state index is 12.5. The van der Waals surface area contributed by atoms with Crippen LogP contribution in [0.2, 0.25) is 0 Å². The number of allylic oxidation sites excluding steroid dienone is 1. The quantitative estimate of drug-likeness (QED) is 0.189. The van der Waals surface area contributed by atoms with Crippen LogP contribution >= 0.6 is 15.9 Å². The molecule has 4 aromatic carbocycles. The molecule has 4 rings (SSSR count). The third-order valence-corrected chi connectivity index (χ3v) is 5.60. The van der Waals surface area contributed by atoms with Crippen LogP contribution in [-0.4, -0.2) is 12.2 Å². The Morgan fingerprint density at radius 2 is 1.34 bits per heavy atom. The first kappa shape index (κ1) is 24.0. The number of aldehydes is 1. The fraction of sp³-hybridized carbons (Fsp3) is 0.0345. The Morgan fingerprint density at radius 1 is 0.743 bits per heavy atom. The minimum absolute atomic E-state index is 0.134. The number of hydrogen-bond donors (Lipinski definition) is 1. The van der Waals surface area contributed by atoms with Crippen molar-refractivity contribution in [2.45, 2.75) is 6.42 Å². The standard InChI is InChI=1S/C29H22BrNO4/c30-27-8-4-5-9-28(27)35-26-16-10-21(11-17-26)18-23(20-32)31-29(33)19-22-12-14-25(15-13-22)34-24-6-2-1-3-7-24/h1-18,20H,19H2,(H,31,33)/b23-18-. The van der Waals surface area contributed by atoms with E-state index in [-0.39, 0.29) is 18.0 Å². The Kier molecular flexibility index (Phi) is 8.09. The van der Waals surface area contributed by atoms with Crippen LogP contribution in [0.15, 0.2) is 113 Å². The summed E-state index contributed by atoms with van der Waals surface area (Å²) >= 11 is 3.45. The van der Waals surface area contributed by atoms with Crippen molar-refractivity contribution in [2.75, 3.05) is 0 Å². The average Bonchev–Trinajstić information content (AvgIpc) is 2.88. The van der Waals surface area contributed by atoms with Crippen molar-refractivity contribution < 1.29 is 19.1 Å². The van der Waals surface area contributed by atoms with Crippen LogP contribution in [0, 0.1) is 0 Å². The number of benzene rings is 4. The van der Waals surface area contributed by atoms with Gasteiger partial charge < -0.3 is 14.8 Å². The highest BCUT2D eigenvalue weighted by Crippen LogP contribution is 2.29. The zero-order valence-corrected chi connectivity index (χ0v) is 20.3. The molecule has 0 unspecified atom stereocenters. The molecule has 0 saturated carbocycles. The number of halogens is 1. The molecule has 0 fully saturated rings. The molecule has 0 aliphatic heterocycles. The van der Waals surface area contributed by atoms with E-state index in [1.807, 2.05) is 91.0 Å². The van der Waals surface area contributed by atoms with Crippen molar-refractivity contribution in [1.29, 1.82) is 0 Å². The van der Waals surface area contributed by atoms with E-state index in [0.717, 1.165) is 21.3 Å². The van der Waals surface area contributed by atoms with Gasteiger partial charge in [0, 0.05) is 0 Å². The molecule has 1 N–H and O–H groups in total. The summed E-state index contributed by atoms with van der Waals surface area (Å²) in [6.07, 6.45) is 2.37. The third-order valence-electron chi connectivity index (χ3n) is 4.94. The second kappa shape index (κ2) is 11.8. The van der Waals surface area contributed by atoms with Crippen molar-refractivity contribution in [3.63, 3.8) is 0 Å². The third kappa shape index (κ3) is 7.16. The largest absolute Gasteiger partial charge is 0.457 e. The van der Waals surface area contributed by atoms with E-state index in [9.17, 15) is 9.59 Å². The van der Waals surface area contributed by atoms with Crippen molar-refractivity contribution in [1.82, 2.24) is 5.32 Å². The SMILES string of the molecule is O=C/C(=C/c1ccc(Oc2ccccc2Br)cc1)NC(=O)Cc1ccc(Oc2ccccc2)cc1. The molecule has 1 amide bonds. The molecule has 0 saturated heterocycles. The normalized spacial score (nSPS) is 10.9. The molecule has 6 heteroatoms. The summed E-state index contributed by atoms with van der Waals surface area (Å²) in [5.41, 5.74) is 1.74. The van der Waals surface area contributed by atoms with Crippen molar-refractivity contribution >= 4 is 34.2 Å². The highest BCUT2D eigenvalue weighted by molar-refractivity contribution is 9.10. The summed E-state index contributed by atoms with van der Waals surface area (Å²) < 4.78 is 12.5. The van der Waals surface area contributed by atoms with Crippen LogP contribution in [0.1, 0.15) is 11.1 Å². The van der Waals surface area contributed by atoms with Gasteiger partial charge in [-0.15, -0.1) is 0 Å². The van der Waals surface area contributed by atoms with Crippen LogP contribution in [0.4, 0.5) is 0 Å². The Morgan fingerprint density at radius 3 is 2.03 bits per heavy atom. The summed E-state index contributed by atoms with van der Waals surface area (Å²) in [7, 11) is 0. The summed E-state index contributed by atoms with van der Waals surface area (Å²) in [5.74, 6) is 2.50. The molecule has 0 radical (unpaired) electrons. The monoisotopic (exact) mass is 527 g/mol. The van der Waals surface area contributed by atoms with Crippen LogP contribution in [-0.2, 0) is 16.0 Å². The van der Waals surface area contributed by atoms with E-state index in [1.54, 1.807) is 18.2 Å². The number of ether oxygens (including phenoxy) is 2. The molecule has 0 heterocycles. The highest BCUT2D eigenvalue weighted by atomic mass is 79.9. The molecule has 0 spiro atoms. The second-order valence-electron chi connectivity index (χ2n) is 7.60. The Bertz CT molecular complexity index is 1320. The van der Waals surface area contributed by atoms with Crippen molar-refractivity contribution in [3.05, 3.63) is 124 Å². The topological polar surface area (TPSA) is 64.6 Å². The summed E-state index contributed by atoms with van der Waals surface area (Å²) in [6, 6.07) is 31.5. The predicted molar refractivity (Wildman–Crippen MR) is 140 cm³/mol. The fourth-order valence-electron chi connectivity index (χ4n) is 3.26. The number of nitrogens with one attached hydrogen (secondary N) is 1. The van der Waals surface area contributed by atoms with Gasteiger partial charge in [-0.05, 0) is 81.7 Å². The van der Waals surface area contributed by atoms with Gasteiger partial charge in [-0.3, -0.25) is 9.59 Å². The van der Waals surface area contributed by atoms with Crippen LogP contribution in [0.25, 0.3) is 6.08 Å². The van der Waals surface area contributed by atoms with E-state index in [2.05, 4.69) is 21.2 Å². The second-order valence-corrected chi connectivity index (χ2v) is 8.46. The van der Waals surface area contributed by atoms with Crippen molar-refractivity contribution in [2.24, 2.45) is 0 Å². The number of rotatable bonds is 9. The molecule has 0 atom stereocenters. The van der Waals surface area contributed by atoms with Gasteiger partial charge in [0.15, 0.2) is 6.29 Å². The number of hydrogen-bond acceptors (Lipinski definition) is 4. The van der Waals surface area contributed by atoms with Gasteiger partial charge in [-0.1, -0.05) is 54.6 Å². The van der Waals surface area contributed by atoms with Gasteiger partial charge in [-0.2, -0.15) is 0 Å². The van der Waals surface area contributed by atoms with Gasteiger partial charge >= 0.3 is 0 Å². The molecular formula is C29H22BrNO4. The molecular weight excluding hydrogens is 506 g/mol. The van der Waals surface area contributed by atoms with Gasteiger partial charge in [0.1, 0.15) is 23.0 Å². The van der Waals surface area contributed by atoms with E-state index < -0.39 is 0 Å². The van der Waals surface area contributed by atoms with Crippen molar-refractivity contribution in [3.8, 4) is 23.0 Å². The van der Waals surface area contributed by atoms with Gasteiger partial charge in [0.25, 0.3) is 0 Å². The first-order valence-electron chi connectivity index (χ1n) is 10.9. The Balaban J connectivity index is 1.33. The molecule has 0 aliphatic carbocycles. The number of carbonyl (C=O) groups excluding carboxylic acids is 2. The van der Waals surface area contributed by atoms with E-state index in [0.29, 0.717) is 23.5 Å². The van der Waals surface area contributed by atoms with E-state index in [4.69, 9.17) is 9.47 Å². The first-order chi connectivity index (χ1) is 17.1. The lowest BCUT2D eigenvalue weighted by Gasteiger charge is -2.09. The van der Waals surface area contributed by atoms with Gasteiger partial charge in [0.2, 0.25) is 5.91 Å². The lowest BCUT2D eigenvalue weighted by molar-refractivity contribution is -0.120. The van der Waals surface area contributed by atoms with Crippen LogP contribution in [0.3, 0.4) is 0 Å². The minimum atomic E-state index is -0.283. The molecule has 5 nitrogen and oxygen atoms in total. The van der Waals surface area contributed by atoms with E-state index >= 15 is 0 Å². The molecule has 0 aliphatic rings. The first-order valence-corrected chi connectivity index (χ1v) is 11.7. The number of carbonyl (C=O) groups is 2. The van der Waals surface area contributed by atoms with Gasteiger partial charge in [-0.25, -0.2) is 0 Å². The summed E-state index contributed by atoms with van der Waals surface area (Å²) in [5, 5.41) is 2.67. The highest BCUT2D eigenvalue weighted by Gasteiger charge is 2.07. The molecule has 174 valence electrons. The maximum Gasteiger partial charge on any atom is 0.228 e.